The van der Waals surface area contributed by atoms with Crippen molar-refractivity contribution in [3.8, 4) is 16.8 Å². The number of thiophene rings is 2. The zero-order valence-corrected chi connectivity index (χ0v) is 46.1. The topological polar surface area (TPSA) is 8.17 Å². The van der Waals surface area contributed by atoms with Crippen LogP contribution in [0, 0.1) is 0 Å². The molecule has 5 heterocycles. The van der Waals surface area contributed by atoms with Crippen molar-refractivity contribution >= 4 is 114 Å². The van der Waals surface area contributed by atoms with E-state index < -0.39 is 0 Å². The average molecular weight is 963 g/mol. The van der Waals surface area contributed by atoms with E-state index in [2.05, 4.69) is 209 Å². The molecule has 0 saturated heterocycles. The number of fused-ring (bicyclic) bond motifs is 18. The number of hydrogen-bond donors (Lipinski definition) is 0. The van der Waals surface area contributed by atoms with E-state index in [1.807, 2.05) is 22.7 Å². The Kier molecular flexibility index (Phi) is 8.63. The summed E-state index contributed by atoms with van der Waals surface area (Å²) >= 11 is 4.02. The summed E-state index contributed by atoms with van der Waals surface area (Å²) in [5.41, 5.74) is 21.5. The summed E-state index contributed by atoms with van der Waals surface area (Å²) < 4.78 is 8.32. The molecule has 10 aromatic rings. The van der Waals surface area contributed by atoms with E-state index in [0.29, 0.717) is 0 Å². The lowest BCUT2D eigenvalue weighted by atomic mass is 9.43. The molecule has 2 aliphatic carbocycles. The minimum atomic E-state index is -0.0741. The molecule has 4 aliphatic rings. The fourth-order valence-corrected chi connectivity index (χ4v) is 16.5. The van der Waals surface area contributed by atoms with Gasteiger partial charge in [0.1, 0.15) is 0 Å². The van der Waals surface area contributed by atoms with Gasteiger partial charge in [-0.3, -0.25) is 0 Å². The molecule has 0 radical (unpaired) electrons. The Morgan fingerprint density at radius 1 is 0.493 bits per heavy atom. The molecule has 0 unspecified atom stereocenters. The second-order valence-corrected chi connectivity index (χ2v) is 29.2. The summed E-state index contributed by atoms with van der Waals surface area (Å²) in [4.78, 5) is 2.79. The van der Waals surface area contributed by atoms with Crippen molar-refractivity contribution in [2.45, 2.75) is 155 Å². The van der Waals surface area contributed by atoms with Gasteiger partial charge in [0.2, 0.25) is 0 Å². The van der Waals surface area contributed by atoms with Gasteiger partial charge in [-0.05, 0) is 169 Å². The SMILES string of the molecule is CC(C)(C)c1ccc(N2B3c4cc(C(C)(C)C)ccc4-n4c5cc6c(cc5c5c7sc8ccccc8c7c(c3c54)-c3cc4sc5cc7c(cc5c4cc32)C(C)(C)CCC7(C)C)C(C)(C)CCC6(C)C)cc1. The molecular formula is C66H67BN2S2. The third kappa shape index (κ3) is 5.94. The van der Waals surface area contributed by atoms with Gasteiger partial charge >= 0.3 is 6.85 Å². The lowest BCUT2D eigenvalue weighted by Gasteiger charge is -2.43. The van der Waals surface area contributed by atoms with Crippen molar-refractivity contribution in [3.63, 3.8) is 0 Å². The lowest BCUT2D eigenvalue weighted by Crippen LogP contribution is -2.60. The highest BCUT2D eigenvalue weighted by Gasteiger charge is 2.47. The number of nitrogens with zero attached hydrogens (tertiary/aromatic N) is 2. The molecule has 71 heavy (non-hydrogen) atoms. The molecule has 5 heteroatoms. The van der Waals surface area contributed by atoms with Gasteiger partial charge in [0, 0.05) is 73.7 Å². The summed E-state index contributed by atoms with van der Waals surface area (Å²) in [7, 11) is 0. The van der Waals surface area contributed by atoms with Crippen molar-refractivity contribution in [3.05, 3.63) is 137 Å². The van der Waals surface area contributed by atoms with Crippen LogP contribution in [-0.4, -0.2) is 11.4 Å². The lowest BCUT2D eigenvalue weighted by molar-refractivity contribution is 0.332. The van der Waals surface area contributed by atoms with Gasteiger partial charge in [0.05, 0.1) is 11.0 Å². The first-order chi connectivity index (χ1) is 33.4. The molecule has 2 nitrogen and oxygen atoms in total. The molecule has 0 spiro atoms. The molecule has 0 atom stereocenters. The molecule has 14 rings (SSSR count). The van der Waals surface area contributed by atoms with Crippen LogP contribution in [0.4, 0.5) is 11.4 Å². The first-order valence-corrected chi connectivity index (χ1v) is 28.2. The second kappa shape index (κ2) is 13.8. The third-order valence-corrected chi connectivity index (χ3v) is 20.9. The Morgan fingerprint density at radius 2 is 1.06 bits per heavy atom. The Labute approximate surface area is 429 Å². The van der Waals surface area contributed by atoms with E-state index in [1.54, 1.807) is 0 Å². The van der Waals surface area contributed by atoms with E-state index in [9.17, 15) is 0 Å². The highest BCUT2D eigenvalue weighted by atomic mass is 32.1. The zero-order chi connectivity index (χ0) is 49.4. The molecule has 356 valence electrons. The summed E-state index contributed by atoms with van der Waals surface area (Å²) in [5, 5.41) is 8.41. The summed E-state index contributed by atoms with van der Waals surface area (Å²) in [6.45, 7) is 33.9. The maximum Gasteiger partial charge on any atom is 0.333 e. The third-order valence-electron chi connectivity index (χ3n) is 18.6. The summed E-state index contributed by atoms with van der Waals surface area (Å²) in [5.74, 6) is 0. The number of rotatable bonds is 1. The number of hydrogen-bond acceptors (Lipinski definition) is 3. The molecule has 0 bridgehead atoms. The van der Waals surface area contributed by atoms with Crippen molar-refractivity contribution in [1.82, 2.24) is 4.57 Å². The van der Waals surface area contributed by atoms with Crippen molar-refractivity contribution < 1.29 is 0 Å². The van der Waals surface area contributed by atoms with Crippen LogP contribution in [0.2, 0.25) is 0 Å². The van der Waals surface area contributed by atoms with Gasteiger partial charge in [-0.25, -0.2) is 0 Å². The first-order valence-electron chi connectivity index (χ1n) is 26.5. The van der Waals surface area contributed by atoms with Crippen LogP contribution in [0.25, 0.3) is 79.0 Å². The van der Waals surface area contributed by atoms with Gasteiger partial charge < -0.3 is 9.38 Å². The Hall–Kier alpha value is -5.36. The number of anilines is 2. The molecule has 0 fully saturated rings. The summed E-state index contributed by atoms with van der Waals surface area (Å²) in [6.07, 6.45) is 4.80. The number of aromatic nitrogens is 1. The largest absolute Gasteiger partial charge is 0.376 e. The average Bonchev–Trinajstić information content (AvgIpc) is 3.99. The molecule has 7 aromatic carbocycles. The van der Waals surface area contributed by atoms with Crippen LogP contribution in [0.3, 0.4) is 0 Å². The Bertz CT molecular complexity index is 4020. The van der Waals surface area contributed by atoms with Crippen LogP contribution in [-0.2, 0) is 32.5 Å². The van der Waals surface area contributed by atoms with Gasteiger partial charge in [-0.15, -0.1) is 22.7 Å². The highest BCUT2D eigenvalue weighted by Crippen LogP contribution is 2.57. The molecule has 2 aliphatic heterocycles. The van der Waals surface area contributed by atoms with Gasteiger partial charge in [-0.1, -0.05) is 139 Å². The monoisotopic (exact) mass is 962 g/mol. The number of benzene rings is 7. The maximum absolute atomic E-state index is 2.79. The quantitative estimate of drug-likeness (QED) is 0.149. The van der Waals surface area contributed by atoms with Gasteiger partial charge in [-0.2, -0.15) is 0 Å². The van der Waals surface area contributed by atoms with E-state index in [4.69, 9.17) is 0 Å². The van der Waals surface area contributed by atoms with Crippen molar-refractivity contribution in [1.29, 1.82) is 0 Å². The first kappa shape index (κ1) is 44.4. The standard InChI is InChI=1S/C66H67BN2S2/c1-61(2,3)36-19-22-38(23-20-36)69-51-32-41-40-30-44-47(66(13,14)28-26-63(44,7)8)35-54(40)70-53(41)33-43(51)55-56-39-17-15-16-18-52(39)71-60(56)57-42-31-45-46(65(11,12)27-25-64(45,9)10)34-50(42)68-49-24-21-37(62(4,5)6)29-48(49)67(69)58(55)59(57)68/h15-24,29-35H,25-28H2,1-14H3. The molecule has 0 saturated carbocycles. The minimum absolute atomic E-state index is 0.0359. The molecule has 3 aromatic heterocycles. The zero-order valence-electron chi connectivity index (χ0n) is 44.4. The normalized spacial score (nSPS) is 18.5. The van der Waals surface area contributed by atoms with Crippen LogP contribution in [0.15, 0.2) is 103 Å². The second-order valence-electron chi connectivity index (χ2n) is 27.1. The van der Waals surface area contributed by atoms with Crippen molar-refractivity contribution in [2.24, 2.45) is 0 Å². The Morgan fingerprint density at radius 3 is 1.70 bits per heavy atom. The van der Waals surface area contributed by atoms with Crippen LogP contribution >= 0.6 is 22.7 Å². The van der Waals surface area contributed by atoms with Crippen LogP contribution in [0.5, 0.6) is 0 Å². The van der Waals surface area contributed by atoms with Gasteiger partial charge in [0.25, 0.3) is 0 Å². The minimum Gasteiger partial charge on any atom is -0.376 e. The van der Waals surface area contributed by atoms with Crippen molar-refractivity contribution in [2.75, 3.05) is 4.81 Å². The van der Waals surface area contributed by atoms with Gasteiger partial charge in [0.15, 0.2) is 0 Å². The maximum atomic E-state index is 2.79. The molecule has 0 N–H and O–H groups in total. The predicted octanol–water partition coefficient (Wildman–Crippen LogP) is 18.1. The van der Waals surface area contributed by atoms with E-state index in [0.717, 1.165) is 0 Å². The smallest absolute Gasteiger partial charge is 0.333 e. The molecule has 0 amide bonds. The predicted molar refractivity (Wildman–Crippen MR) is 314 cm³/mol. The van der Waals surface area contributed by atoms with E-state index in [1.165, 1.54) is 160 Å². The van der Waals surface area contributed by atoms with E-state index in [-0.39, 0.29) is 39.3 Å². The van der Waals surface area contributed by atoms with Crippen LogP contribution < -0.4 is 15.7 Å². The Balaban J connectivity index is 1.21. The summed E-state index contributed by atoms with van der Waals surface area (Å²) in [6, 6.07) is 42.4. The fourth-order valence-electron chi connectivity index (χ4n) is 14.0. The van der Waals surface area contributed by atoms with E-state index >= 15 is 0 Å². The highest BCUT2D eigenvalue weighted by molar-refractivity contribution is 7.27. The molecular weight excluding hydrogens is 896 g/mol. The van der Waals surface area contributed by atoms with Crippen LogP contribution in [0.1, 0.15) is 156 Å². The fraction of sp³-hybridized carbons (Fsp3) is 0.364.